The van der Waals surface area contributed by atoms with Crippen molar-refractivity contribution in [3.63, 3.8) is 0 Å². The van der Waals surface area contributed by atoms with Gasteiger partial charge in [-0.15, -0.1) is 0 Å². The summed E-state index contributed by atoms with van der Waals surface area (Å²) in [5.41, 5.74) is 7.76. The SMILES string of the molecule is Cc1c(C(=O)OC(C(N)=O)c2cccc(Br)c2)cnc2ccccc12. The van der Waals surface area contributed by atoms with Crippen LogP contribution >= 0.6 is 15.9 Å². The van der Waals surface area contributed by atoms with Gasteiger partial charge in [-0.05, 0) is 30.7 Å². The molecule has 3 rings (SSSR count). The number of halogens is 1. The van der Waals surface area contributed by atoms with Gasteiger partial charge in [0.05, 0.1) is 11.1 Å². The average Bonchev–Trinajstić information content (AvgIpc) is 2.59. The first-order chi connectivity index (χ1) is 12.0. The summed E-state index contributed by atoms with van der Waals surface area (Å²) in [5.74, 6) is -1.38. The van der Waals surface area contributed by atoms with Crippen molar-refractivity contribution < 1.29 is 14.3 Å². The highest BCUT2D eigenvalue weighted by atomic mass is 79.9. The Kier molecular flexibility index (Phi) is 4.81. The summed E-state index contributed by atoms with van der Waals surface area (Å²) in [4.78, 5) is 28.7. The third-order valence-corrected chi connectivity index (χ3v) is 4.39. The molecule has 1 aromatic heterocycles. The number of aryl methyl sites for hydroxylation is 1. The predicted octanol–water partition coefficient (Wildman–Crippen LogP) is 3.69. The minimum atomic E-state index is -1.17. The number of hydrogen-bond donors (Lipinski definition) is 1. The number of nitrogens with two attached hydrogens (primary N) is 1. The number of nitrogens with zero attached hydrogens (tertiary/aromatic N) is 1. The van der Waals surface area contributed by atoms with Gasteiger partial charge in [-0.3, -0.25) is 9.78 Å². The average molecular weight is 399 g/mol. The number of carbonyl (C=O) groups excluding carboxylic acids is 2. The van der Waals surface area contributed by atoms with E-state index in [2.05, 4.69) is 20.9 Å². The molecule has 0 saturated heterocycles. The van der Waals surface area contributed by atoms with E-state index in [9.17, 15) is 9.59 Å². The molecule has 2 aromatic carbocycles. The van der Waals surface area contributed by atoms with Crippen molar-refractivity contribution in [3.05, 3.63) is 75.9 Å². The van der Waals surface area contributed by atoms with E-state index in [-0.39, 0.29) is 0 Å². The third kappa shape index (κ3) is 3.53. The number of esters is 1. The van der Waals surface area contributed by atoms with Crippen molar-refractivity contribution in [2.75, 3.05) is 0 Å². The third-order valence-electron chi connectivity index (χ3n) is 3.90. The molecule has 126 valence electrons. The topological polar surface area (TPSA) is 82.3 Å². The van der Waals surface area contributed by atoms with Gasteiger partial charge in [0.1, 0.15) is 0 Å². The van der Waals surface area contributed by atoms with Gasteiger partial charge in [-0.2, -0.15) is 0 Å². The molecular weight excluding hydrogens is 384 g/mol. The van der Waals surface area contributed by atoms with Gasteiger partial charge in [-0.25, -0.2) is 4.79 Å². The number of carbonyl (C=O) groups is 2. The molecule has 0 radical (unpaired) electrons. The number of pyridine rings is 1. The zero-order valence-corrected chi connectivity index (χ0v) is 15.0. The van der Waals surface area contributed by atoms with Gasteiger partial charge in [0.2, 0.25) is 6.10 Å². The van der Waals surface area contributed by atoms with E-state index in [1.807, 2.05) is 31.2 Å². The van der Waals surface area contributed by atoms with Gasteiger partial charge < -0.3 is 10.5 Å². The van der Waals surface area contributed by atoms with Crippen LogP contribution in [0.1, 0.15) is 27.6 Å². The number of fused-ring (bicyclic) bond motifs is 1. The highest BCUT2D eigenvalue weighted by Gasteiger charge is 2.25. The van der Waals surface area contributed by atoms with Crippen LogP contribution in [0.25, 0.3) is 10.9 Å². The van der Waals surface area contributed by atoms with Crippen molar-refractivity contribution in [1.82, 2.24) is 4.98 Å². The molecule has 3 aromatic rings. The number of rotatable bonds is 4. The van der Waals surface area contributed by atoms with Crippen LogP contribution in [0.4, 0.5) is 0 Å². The maximum absolute atomic E-state index is 12.6. The highest BCUT2D eigenvalue weighted by molar-refractivity contribution is 9.10. The van der Waals surface area contributed by atoms with E-state index in [1.54, 1.807) is 24.3 Å². The van der Waals surface area contributed by atoms with Crippen molar-refractivity contribution in [3.8, 4) is 0 Å². The Morgan fingerprint density at radius 3 is 2.64 bits per heavy atom. The van der Waals surface area contributed by atoms with Crippen molar-refractivity contribution in [2.45, 2.75) is 13.0 Å². The molecule has 6 heteroatoms. The van der Waals surface area contributed by atoms with E-state index in [1.165, 1.54) is 6.20 Å². The minimum absolute atomic E-state index is 0.306. The monoisotopic (exact) mass is 398 g/mol. The number of para-hydroxylation sites is 1. The zero-order chi connectivity index (χ0) is 18.0. The lowest BCUT2D eigenvalue weighted by molar-refractivity contribution is -0.127. The first-order valence-corrected chi connectivity index (χ1v) is 8.37. The van der Waals surface area contributed by atoms with E-state index in [0.717, 1.165) is 20.9 Å². The van der Waals surface area contributed by atoms with Crippen molar-refractivity contribution in [1.29, 1.82) is 0 Å². The molecule has 25 heavy (non-hydrogen) atoms. The number of primary amides is 1. The Hall–Kier alpha value is -2.73. The molecule has 0 spiro atoms. The molecule has 0 fully saturated rings. The van der Waals surface area contributed by atoms with E-state index in [4.69, 9.17) is 10.5 Å². The number of hydrogen-bond acceptors (Lipinski definition) is 4. The summed E-state index contributed by atoms with van der Waals surface area (Å²) in [6.45, 7) is 1.82. The largest absolute Gasteiger partial charge is 0.444 e. The maximum Gasteiger partial charge on any atom is 0.341 e. The fourth-order valence-corrected chi connectivity index (χ4v) is 3.03. The van der Waals surface area contributed by atoms with E-state index >= 15 is 0 Å². The fraction of sp³-hybridized carbons (Fsp3) is 0.105. The molecule has 1 heterocycles. The molecule has 5 nitrogen and oxygen atoms in total. The Morgan fingerprint density at radius 1 is 1.16 bits per heavy atom. The lowest BCUT2D eigenvalue weighted by Gasteiger charge is -2.16. The van der Waals surface area contributed by atoms with Crippen LogP contribution in [0, 0.1) is 6.92 Å². The number of benzene rings is 2. The van der Waals surface area contributed by atoms with Crippen LogP contribution in [0.3, 0.4) is 0 Å². The Bertz CT molecular complexity index is 972. The normalized spacial score (nSPS) is 11.9. The minimum Gasteiger partial charge on any atom is -0.444 e. The van der Waals surface area contributed by atoms with Gasteiger partial charge >= 0.3 is 5.97 Å². The van der Waals surface area contributed by atoms with Crippen LogP contribution in [-0.4, -0.2) is 16.9 Å². The van der Waals surface area contributed by atoms with Crippen molar-refractivity contribution in [2.24, 2.45) is 5.73 Å². The molecule has 0 saturated carbocycles. The molecule has 2 N–H and O–H groups in total. The molecule has 0 aliphatic rings. The van der Waals surface area contributed by atoms with Crippen LogP contribution in [0.5, 0.6) is 0 Å². The van der Waals surface area contributed by atoms with E-state index in [0.29, 0.717) is 11.1 Å². The second-order valence-electron chi connectivity index (χ2n) is 5.56. The van der Waals surface area contributed by atoms with Crippen LogP contribution < -0.4 is 5.73 Å². The lowest BCUT2D eigenvalue weighted by atomic mass is 10.0. The molecule has 0 bridgehead atoms. The van der Waals surface area contributed by atoms with Crippen molar-refractivity contribution >= 4 is 38.7 Å². The number of aromatic nitrogens is 1. The second kappa shape index (κ2) is 7.03. The second-order valence-corrected chi connectivity index (χ2v) is 6.47. The molecule has 0 aliphatic heterocycles. The maximum atomic E-state index is 12.6. The molecular formula is C19H15BrN2O3. The Morgan fingerprint density at radius 2 is 1.92 bits per heavy atom. The standard InChI is InChI=1S/C19H15BrN2O3/c1-11-14-7-2-3-8-16(14)22-10-15(11)19(24)25-17(18(21)23)12-5-4-6-13(20)9-12/h2-10,17H,1H3,(H2,21,23). The summed E-state index contributed by atoms with van der Waals surface area (Å²) >= 11 is 3.33. The van der Waals surface area contributed by atoms with Gasteiger partial charge in [0.15, 0.2) is 0 Å². The van der Waals surface area contributed by atoms with Crippen LogP contribution in [-0.2, 0) is 9.53 Å². The molecule has 1 unspecified atom stereocenters. The highest BCUT2D eigenvalue weighted by Crippen LogP contribution is 2.25. The molecule has 0 aliphatic carbocycles. The van der Waals surface area contributed by atoms with Crippen LogP contribution in [0.2, 0.25) is 0 Å². The number of ether oxygens (including phenoxy) is 1. The molecule has 1 atom stereocenters. The Labute approximate surface area is 152 Å². The summed E-state index contributed by atoms with van der Waals surface area (Å²) in [5, 5.41) is 0.857. The van der Waals surface area contributed by atoms with Crippen LogP contribution in [0.15, 0.2) is 59.2 Å². The van der Waals surface area contributed by atoms with E-state index < -0.39 is 18.0 Å². The molecule has 1 amide bonds. The zero-order valence-electron chi connectivity index (χ0n) is 13.4. The van der Waals surface area contributed by atoms with Gasteiger partial charge in [0.25, 0.3) is 5.91 Å². The van der Waals surface area contributed by atoms with Gasteiger partial charge in [0, 0.05) is 21.6 Å². The lowest BCUT2D eigenvalue weighted by Crippen LogP contribution is -2.26. The summed E-state index contributed by atoms with van der Waals surface area (Å²) in [6.07, 6.45) is 0.287. The first kappa shape index (κ1) is 17.1. The van der Waals surface area contributed by atoms with Gasteiger partial charge in [-0.1, -0.05) is 46.3 Å². The Balaban J connectivity index is 1.95. The first-order valence-electron chi connectivity index (χ1n) is 7.57. The predicted molar refractivity (Wildman–Crippen MR) is 98.0 cm³/mol. The smallest absolute Gasteiger partial charge is 0.341 e. The number of amides is 1. The fourth-order valence-electron chi connectivity index (χ4n) is 2.62. The summed E-state index contributed by atoms with van der Waals surface area (Å²) in [6, 6.07) is 14.4. The summed E-state index contributed by atoms with van der Waals surface area (Å²) in [7, 11) is 0. The quantitative estimate of drug-likeness (QED) is 0.679. The summed E-state index contributed by atoms with van der Waals surface area (Å²) < 4.78 is 6.15.